The second-order valence-corrected chi connectivity index (χ2v) is 4.79. The van der Waals surface area contributed by atoms with Gasteiger partial charge in [0.05, 0.1) is 0 Å². The van der Waals surface area contributed by atoms with E-state index in [0.717, 1.165) is 26.2 Å². The van der Waals surface area contributed by atoms with Crippen LogP contribution in [-0.2, 0) is 6.54 Å². The van der Waals surface area contributed by atoms with Crippen LogP contribution in [0.5, 0.6) is 0 Å². The van der Waals surface area contributed by atoms with Gasteiger partial charge in [-0.3, -0.25) is 0 Å². The third-order valence-corrected chi connectivity index (χ3v) is 3.45. The van der Waals surface area contributed by atoms with Gasteiger partial charge in [0.2, 0.25) is 0 Å². The zero-order valence-corrected chi connectivity index (χ0v) is 10.3. The van der Waals surface area contributed by atoms with Gasteiger partial charge in [0.25, 0.3) is 0 Å². The summed E-state index contributed by atoms with van der Waals surface area (Å²) in [6, 6.07) is 2.19. The molecule has 1 aliphatic heterocycles. The van der Waals surface area contributed by atoms with Crippen LogP contribution in [0.3, 0.4) is 0 Å². The molecule has 0 aliphatic carbocycles. The Morgan fingerprint density at radius 3 is 2.94 bits per heavy atom. The number of carbonyl (C=O) groups excluding carboxylic acids is 1. The molecule has 0 atom stereocenters. The van der Waals surface area contributed by atoms with Gasteiger partial charge in [0.15, 0.2) is 0 Å². The molecule has 1 fully saturated rings. The number of amides is 2. The molecule has 88 valence electrons. The fourth-order valence-corrected chi connectivity index (χ4v) is 2.48. The van der Waals surface area contributed by atoms with Crippen LogP contribution < -0.4 is 5.32 Å². The highest BCUT2D eigenvalue weighted by atomic mass is 32.1. The molecule has 1 aliphatic rings. The molecule has 2 heterocycles. The topological polar surface area (TPSA) is 35.6 Å². The van der Waals surface area contributed by atoms with Gasteiger partial charge in [-0.1, -0.05) is 0 Å². The van der Waals surface area contributed by atoms with E-state index in [1.165, 1.54) is 5.56 Å². The van der Waals surface area contributed by atoms with E-state index in [9.17, 15) is 4.79 Å². The van der Waals surface area contributed by atoms with Gasteiger partial charge in [0.1, 0.15) is 0 Å². The Bertz CT molecular complexity index is 333. The third-order valence-electron chi connectivity index (χ3n) is 2.71. The SMILES string of the molecule is CN(Cc1ccsc1)C(=O)N1CCNCC1. The highest BCUT2D eigenvalue weighted by molar-refractivity contribution is 7.07. The molecular formula is C11H17N3OS. The minimum absolute atomic E-state index is 0.132. The van der Waals surface area contributed by atoms with Gasteiger partial charge in [-0.2, -0.15) is 11.3 Å². The summed E-state index contributed by atoms with van der Waals surface area (Å²) in [7, 11) is 1.86. The number of rotatable bonds is 2. The van der Waals surface area contributed by atoms with Gasteiger partial charge in [-0.05, 0) is 22.4 Å². The lowest BCUT2D eigenvalue weighted by molar-refractivity contribution is 0.154. The molecule has 0 aromatic carbocycles. The summed E-state index contributed by atoms with van der Waals surface area (Å²) in [5, 5.41) is 7.37. The molecule has 1 aromatic heterocycles. The van der Waals surface area contributed by atoms with E-state index in [4.69, 9.17) is 0 Å². The molecule has 0 saturated carbocycles. The van der Waals surface area contributed by atoms with Crippen molar-refractivity contribution in [1.82, 2.24) is 15.1 Å². The van der Waals surface area contributed by atoms with Crippen LogP contribution in [0, 0.1) is 0 Å². The zero-order valence-electron chi connectivity index (χ0n) is 9.48. The van der Waals surface area contributed by atoms with Crippen molar-refractivity contribution in [2.75, 3.05) is 33.2 Å². The predicted molar refractivity (Wildman–Crippen MR) is 65.6 cm³/mol. The summed E-state index contributed by atoms with van der Waals surface area (Å²) in [4.78, 5) is 15.7. The Kier molecular flexibility index (Phi) is 3.79. The monoisotopic (exact) mass is 239 g/mol. The highest BCUT2D eigenvalue weighted by Gasteiger charge is 2.19. The van der Waals surface area contributed by atoms with Crippen LogP contribution in [-0.4, -0.2) is 49.1 Å². The lowest BCUT2D eigenvalue weighted by atomic mass is 10.3. The normalized spacial score (nSPS) is 16.2. The molecular weight excluding hydrogens is 222 g/mol. The number of nitrogens with zero attached hydrogens (tertiary/aromatic N) is 2. The Balaban J connectivity index is 1.88. The molecule has 5 heteroatoms. The van der Waals surface area contributed by atoms with E-state index < -0.39 is 0 Å². The van der Waals surface area contributed by atoms with Crippen molar-refractivity contribution in [3.63, 3.8) is 0 Å². The van der Waals surface area contributed by atoms with Crippen LogP contribution in [0.4, 0.5) is 4.79 Å². The standard InChI is InChI=1S/C11H17N3OS/c1-13(8-10-2-7-16-9-10)11(15)14-5-3-12-4-6-14/h2,7,9,12H,3-6,8H2,1H3. The Morgan fingerprint density at radius 2 is 2.31 bits per heavy atom. The lowest BCUT2D eigenvalue weighted by Gasteiger charge is -2.31. The molecule has 0 radical (unpaired) electrons. The number of hydrogen-bond donors (Lipinski definition) is 1. The molecule has 4 nitrogen and oxygen atoms in total. The van der Waals surface area contributed by atoms with Crippen LogP contribution in [0.25, 0.3) is 0 Å². The number of piperazine rings is 1. The minimum atomic E-state index is 0.132. The maximum atomic E-state index is 12.1. The van der Waals surface area contributed by atoms with E-state index in [-0.39, 0.29) is 6.03 Å². The van der Waals surface area contributed by atoms with Crippen LogP contribution in [0.15, 0.2) is 16.8 Å². The summed E-state index contributed by atoms with van der Waals surface area (Å²) in [6.45, 7) is 4.13. The van der Waals surface area contributed by atoms with Crippen molar-refractivity contribution in [2.45, 2.75) is 6.54 Å². The average Bonchev–Trinajstić information content (AvgIpc) is 2.82. The fourth-order valence-electron chi connectivity index (χ4n) is 1.82. The average molecular weight is 239 g/mol. The molecule has 0 bridgehead atoms. The minimum Gasteiger partial charge on any atom is -0.323 e. The molecule has 16 heavy (non-hydrogen) atoms. The Labute approximate surface area is 99.9 Å². The van der Waals surface area contributed by atoms with Crippen LogP contribution >= 0.6 is 11.3 Å². The van der Waals surface area contributed by atoms with Crippen LogP contribution in [0.1, 0.15) is 5.56 Å². The lowest BCUT2D eigenvalue weighted by Crippen LogP contribution is -2.50. The summed E-state index contributed by atoms with van der Waals surface area (Å²) < 4.78 is 0. The van der Waals surface area contributed by atoms with Gasteiger partial charge in [-0.25, -0.2) is 4.79 Å². The first kappa shape index (κ1) is 11.4. The maximum absolute atomic E-state index is 12.1. The van der Waals surface area contributed by atoms with Crippen LogP contribution in [0.2, 0.25) is 0 Å². The summed E-state index contributed by atoms with van der Waals surface area (Å²) in [5.41, 5.74) is 1.20. The van der Waals surface area contributed by atoms with Crippen molar-refractivity contribution >= 4 is 17.4 Å². The third kappa shape index (κ3) is 2.74. The van der Waals surface area contributed by atoms with Crippen molar-refractivity contribution in [2.24, 2.45) is 0 Å². The number of hydrogen-bond acceptors (Lipinski definition) is 3. The molecule has 2 amide bonds. The first-order chi connectivity index (χ1) is 7.77. The zero-order chi connectivity index (χ0) is 11.4. The van der Waals surface area contributed by atoms with Gasteiger partial charge < -0.3 is 15.1 Å². The molecule has 1 aromatic rings. The van der Waals surface area contributed by atoms with Crippen molar-refractivity contribution in [1.29, 1.82) is 0 Å². The van der Waals surface area contributed by atoms with E-state index in [1.807, 2.05) is 17.3 Å². The quantitative estimate of drug-likeness (QED) is 0.842. The maximum Gasteiger partial charge on any atom is 0.320 e. The van der Waals surface area contributed by atoms with Gasteiger partial charge in [0, 0.05) is 39.8 Å². The number of urea groups is 1. The number of nitrogens with one attached hydrogen (secondary N) is 1. The second kappa shape index (κ2) is 5.32. The van der Waals surface area contributed by atoms with E-state index in [0.29, 0.717) is 6.54 Å². The number of thiophene rings is 1. The first-order valence-electron chi connectivity index (χ1n) is 5.49. The van der Waals surface area contributed by atoms with E-state index in [2.05, 4.69) is 16.8 Å². The van der Waals surface area contributed by atoms with Crippen molar-refractivity contribution in [3.05, 3.63) is 22.4 Å². The molecule has 1 saturated heterocycles. The summed E-state index contributed by atoms with van der Waals surface area (Å²) in [6.07, 6.45) is 0. The molecule has 0 spiro atoms. The summed E-state index contributed by atoms with van der Waals surface area (Å²) >= 11 is 1.67. The Morgan fingerprint density at radius 1 is 1.56 bits per heavy atom. The van der Waals surface area contributed by atoms with Crippen molar-refractivity contribution < 1.29 is 4.79 Å². The molecule has 0 unspecified atom stereocenters. The molecule has 2 rings (SSSR count). The second-order valence-electron chi connectivity index (χ2n) is 4.01. The number of carbonyl (C=O) groups is 1. The molecule has 1 N–H and O–H groups in total. The highest BCUT2D eigenvalue weighted by Crippen LogP contribution is 2.10. The Hall–Kier alpha value is -1.07. The largest absolute Gasteiger partial charge is 0.323 e. The van der Waals surface area contributed by atoms with E-state index >= 15 is 0 Å². The smallest absolute Gasteiger partial charge is 0.320 e. The van der Waals surface area contributed by atoms with Crippen molar-refractivity contribution in [3.8, 4) is 0 Å². The summed E-state index contributed by atoms with van der Waals surface area (Å²) in [5.74, 6) is 0. The fraction of sp³-hybridized carbons (Fsp3) is 0.545. The van der Waals surface area contributed by atoms with Gasteiger partial charge >= 0.3 is 6.03 Å². The van der Waals surface area contributed by atoms with E-state index in [1.54, 1.807) is 16.2 Å². The first-order valence-corrected chi connectivity index (χ1v) is 6.43. The predicted octanol–water partition coefficient (Wildman–Crippen LogP) is 1.21. The van der Waals surface area contributed by atoms with Gasteiger partial charge in [-0.15, -0.1) is 0 Å².